The molecule has 1 saturated heterocycles. The van der Waals surface area contributed by atoms with Crippen molar-refractivity contribution in [3.63, 3.8) is 0 Å². The first kappa shape index (κ1) is 14.4. The highest BCUT2D eigenvalue weighted by molar-refractivity contribution is 5.91. The summed E-state index contributed by atoms with van der Waals surface area (Å²) in [6.07, 6.45) is 5.53. The number of carbonyl (C=O) groups is 3. The highest BCUT2D eigenvalue weighted by Crippen LogP contribution is 2.35. The highest BCUT2D eigenvalue weighted by Gasteiger charge is 2.44. The van der Waals surface area contributed by atoms with Gasteiger partial charge in [0.25, 0.3) is 0 Å². The number of carbonyl (C=O) groups excluding carboxylic acids is 2. The SMILES string of the molecule is O=C(NC1CC1)C1CCCN1C(=O)[C@@H]1CCC[C@@H]1C(=O)O. The first-order chi connectivity index (χ1) is 10.1. The fourth-order valence-electron chi connectivity index (χ4n) is 3.59. The maximum absolute atomic E-state index is 12.7. The zero-order valence-electron chi connectivity index (χ0n) is 12.1. The first-order valence-electron chi connectivity index (χ1n) is 7.91. The minimum Gasteiger partial charge on any atom is -0.481 e. The summed E-state index contributed by atoms with van der Waals surface area (Å²) in [4.78, 5) is 37.8. The third kappa shape index (κ3) is 2.89. The number of hydrogen-bond acceptors (Lipinski definition) is 3. The summed E-state index contributed by atoms with van der Waals surface area (Å²) >= 11 is 0. The van der Waals surface area contributed by atoms with E-state index in [0.717, 1.165) is 25.7 Å². The molecule has 1 aliphatic heterocycles. The summed E-state index contributed by atoms with van der Waals surface area (Å²) in [5.74, 6) is -2.10. The Hall–Kier alpha value is -1.59. The Labute approximate surface area is 123 Å². The fraction of sp³-hybridized carbons (Fsp3) is 0.800. The molecule has 116 valence electrons. The molecule has 0 aromatic heterocycles. The van der Waals surface area contributed by atoms with Crippen molar-refractivity contribution in [2.24, 2.45) is 11.8 Å². The smallest absolute Gasteiger partial charge is 0.307 e. The standard InChI is InChI=1S/C15H22N2O4/c18-13(16-9-6-7-9)12-5-2-8-17(12)14(19)10-3-1-4-11(10)15(20)21/h9-12H,1-8H2,(H,16,18)(H,20,21)/t10-,11+,12?/m1/s1. The van der Waals surface area contributed by atoms with Crippen LogP contribution in [-0.2, 0) is 14.4 Å². The second-order valence-corrected chi connectivity index (χ2v) is 6.45. The third-order valence-electron chi connectivity index (χ3n) is 4.91. The first-order valence-corrected chi connectivity index (χ1v) is 7.91. The van der Waals surface area contributed by atoms with Gasteiger partial charge in [-0.3, -0.25) is 14.4 Å². The predicted molar refractivity (Wildman–Crippen MR) is 74.4 cm³/mol. The van der Waals surface area contributed by atoms with Crippen LogP contribution < -0.4 is 5.32 Å². The van der Waals surface area contributed by atoms with Gasteiger partial charge >= 0.3 is 5.97 Å². The molecule has 2 saturated carbocycles. The molecule has 2 N–H and O–H groups in total. The van der Waals surface area contributed by atoms with E-state index in [9.17, 15) is 19.5 Å². The molecule has 3 rings (SSSR count). The number of aliphatic carboxylic acids is 1. The molecule has 3 aliphatic rings. The topological polar surface area (TPSA) is 86.7 Å². The summed E-state index contributed by atoms with van der Waals surface area (Å²) in [6, 6.07) is -0.110. The van der Waals surface area contributed by atoms with Gasteiger partial charge in [0.15, 0.2) is 0 Å². The van der Waals surface area contributed by atoms with E-state index in [1.54, 1.807) is 4.90 Å². The van der Waals surface area contributed by atoms with Gasteiger partial charge in [-0.1, -0.05) is 6.42 Å². The van der Waals surface area contributed by atoms with Crippen LogP contribution in [0.3, 0.4) is 0 Å². The molecule has 0 aromatic carbocycles. The molecule has 0 bridgehead atoms. The van der Waals surface area contributed by atoms with E-state index < -0.39 is 23.8 Å². The molecule has 0 radical (unpaired) electrons. The van der Waals surface area contributed by atoms with Gasteiger partial charge in [-0.25, -0.2) is 0 Å². The lowest BCUT2D eigenvalue weighted by Crippen LogP contribution is -2.49. The van der Waals surface area contributed by atoms with E-state index in [1.807, 2.05) is 0 Å². The zero-order valence-corrected chi connectivity index (χ0v) is 12.1. The molecule has 21 heavy (non-hydrogen) atoms. The van der Waals surface area contributed by atoms with Gasteiger partial charge in [-0.15, -0.1) is 0 Å². The molecule has 0 spiro atoms. The van der Waals surface area contributed by atoms with Crippen molar-refractivity contribution in [3.8, 4) is 0 Å². The largest absolute Gasteiger partial charge is 0.481 e. The number of nitrogens with one attached hydrogen (secondary N) is 1. The second-order valence-electron chi connectivity index (χ2n) is 6.45. The van der Waals surface area contributed by atoms with Gasteiger partial charge in [0.2, 0.25) is 11.8 Å². The third-order valence-corrected chi connectivity index (χ3v) is 4.91. The maximum Gasteiger partial charge on any atom is 0.307 e. The highest BCUT2D eigenvalue weighted by atomic mass is 16.4. The van der Waals surface area contributed by atoms with Crippen molar-refractivity contribution in [2.45, 2.75) is 57.0 Å². The van der Waals surface area contributed by atoms with Crippen molar-refractivity contribution in [1.82, 2.24) is 10.2 Å². The molecule has 6 nitrogen and oxygen atoms in total. The Morgan fingerprint density at radius 2 is 1.67 bits per heavy atom. The van der Waals surface area contributed by atoms with Crippen LogP contribution in [-0.4, -0.2) is 46.4 Å². The number of nitrogens with zero attached hydrogens (tertiary/aromatic N) is 1. The minimum atomic E-state index is -0.885. The Balaban J connectivity index is 1.67. The van der Waals surface area contributed by atoms with Crippen LogP contribution in [0.15, 0.2) is 0 Å². The van der Waals surface area contributed by atoms with E-state index in [2.05, 4.69) is 5.32 Å². The molecular weight excluding hydrogens is 272 g/mol. The number of hydrogen-bond donors (Lipinski definition) is 2. The molecule has 6 heteroatoms. The van der Waals surface area contributed by atoms with E-state index in [4.69, 9.17) is 0 Å². The Bertz CT molecular complexity index is 461. The summed E-state index contributed by atoms with van der Waals surface area (Å²) in [5, 5.41) is 12.2. The van der Waals surface area contributed by atoms with Crippen LogP contribution in [0.5, 0.6) is 0 Å². The Morgan fingerprint density at radius 1 is 0.952 bits per heavy atom. The lowest BCUT2D eigenvalue weighted by Gasteiger charge is -2.28. The van der Waals surface area contributed by atoms with Crippen molar-refractivity contribution in [2.75, 3.05) is 6.54 Å². The average molecular weight is 294 g/mol. The van der Waals surface area contributed by atoms with Crippen molar-refractivity contribution >= 4 is 17.8 Å². The van der Waals surface area contributed by atoms with Gasteiger partial charge in [0.1, 0.15) is 6.04 Å². The average Bonchev–Trinajstić information content (AvgIpc) is 2.99. The van der Waals surface area contributed by atoms with E-state index in [-0.39, 0.29) is 17.9 Å². The lowest BCUT2D eigenvalue weighted by atomic mass is 9.94. The Kier molecular flexibility index (Phi) is 3.87. The fourth-order valence-corrected chi connectivity index (χ4v) is 3.59. The normalized spacial score (nSPS) is 32.2. The molecular formula is C15H22N2O4. The number of likely N-dealkylation sites (tertiary alicyclic amines) is 1. The van der Waals surface area contributed by atoms with Gasteiger partial charge in [-0.2, -0.15) is 0 Å². The monoisotopic (exact) mass is 294 g/mol. The van der Waals surface area contributed by atoms with Crippen molar-refractivity contribution in [3.05, 3.63) is 0 Å². The van der Waals surface area contributed by atoms with Crippen molar-refractivity contribution < 1.29 is 19.5 Å². The van der Waals surface area contributed by atoms with Crippen LogP contribution in [0.1, 0.15) is 44.9 Å². The van der Waals surface area contributed by atoms with Crippen LogP contribution in [0.4, 0.5) is 0 Å². The molecule has 3 fully saturated rings. The number of carboxylic acid groups (broad SMARTS) is 1. The molecule has 3 atom stereocenters. The minimum absolute atomic E-state index is 0.0618. The summed E-state index contributed by atoms with van der Waals surface area (Å²) in [5.41, 5.74) is 0. The van der Waals surface area contributed by atoms with Gasteiger partial charge in [0, 0.05) is 12.6 Å². The van der Waals surface area contributed by atoms with Gasteiger partial charge in [-0.05, 0) is 38.5 Å². The quantitative estimate of drug-likeness (QED) is 0.801. The summed E-state index contributed by atoms with van der Waals surface area (Å²) in [7, 11) is 0. The maximum atomic E-state index is 12.7. The molecule has 1 unspecified atom stereocenters. The van der Waals surface area contributed by atoms with E-state index in [0.29, 0.717) is 25.8 Å². The van der Waals surface area contributed by atoms with Gasteiger partial charge in [0.05, 0.1) is 11.8 Å². The number of carboxylic acids is 1. The molecule has 2 amide bonds. The molecule has 1 heterocycles. The molecule has 0 aromatic rings. The zero-order chi connectivity index (χ0) is 15.0. The lowest BCUT2D eigenvalue weighted by molar-refractivity contribution is -0.150. The van der Waals surface area contributed by atoms with Crippen molar-refractivity contribution in [1.29, 1.82) is 0 Å². The number of rotatable bonds is 4. The summed E-state index contributed by atoms with van der Waals surface area (Å²) < 4.78 is 0. The van der Waals surface area contributed by atoms with E-state index >= 15 is 0 Å². The van der Waals surface area contributed by atoms with Crippen LogP contribution in [0, 0.1) is 11.8 Å². The molecule has 2 aliphatic carbocycles. The van der Waals surface area contributed by atoms with Gasteiger partial charge < -0.3 is 15.3 Å². The summed E-state index contributed by atoms with van der Waals surface area (Å²) in [6.45, 7) is 0.574. The van der Waals surface area contributed by atoms with Crippen LogP contribution in [0.25, 0.3) is 0 Å². The second kappa shape index (κ2) is 5.66. The van der Waals surface area contributed by atoms with Crippen LogP contribution in [0.2, 0.25) is 0 Å². The predicted octanol–water partition coefficient (Wildman–Crippen LogP) is 0.757. The Morgan fingerprint density at radius 3 is 2.33 bits per heavy atom. The van der Waals surface area contributed by atoms with Crippen LogP contribution >= 0.6 is 0 Å². The number of amides is 2. The van der Waals surface area contributed by atoms with E-state index in [1.165, 1.54) is 0 Å².